The van der Waals surface area contributed by atoms with Gasteiger partial charge >= 0.3 is 0 Å². The monoisotopic (exact) mass is 504 g/mol. The van der Waals surface area contributed by atoms with Gasteiger partial charge in [0.2, 0.25) is 11.8 Å². The van der Waals surface area contributed by atoms with Crippen LogP contribution in [0.25, 0.3) is 11.4 Å². The molecule has 2 amide bonds. The number of hydrogen-bond donors (Lipinski definition) is 2. The van der Waals surface area contributed by atoms with Gasteiger partial charge in [0.15, 0.2) is 11.0 Å². The van der Waals surface area contributed by atoms with Gasteiger partial charge in [0.05, 0.1) is 25.7 Å². The number of nitrogens with zero attached hydrogens (tertiary/aromatic N) is 4. The van der Waals surface area contributed by atoms with Crippen LogP contribution in [-0.2, 0) is 16.1 Å². The van der Waals surface area contributed by atoms with E-state index in [1.165, 1.54) is 23.6 Å². The number of ether oxygens (including phenoxy) is 2. The summed E-state index contributed by atoms with van der Waals surface area (Å²) in [6.45, 7) is -0.0986. The number of anilines is 2. The molecule has 0 fully saturated rings. The van der Waals surface area contributed by atoms with Gasteiger partial charge < -0.3 is 20.1 Å². The number of aromatic nitrogens is 4. The van der Waals surface area contributed by atoms with Gasteiger partial charge in [-0.3, -0.25) is 14.6 Å². The van der Waals surface area contributed by atoms with Crippen LogP contribution in [0.15, 0.2) is 78.2 Å². The molecule has 0 unspecified atom stereocenters. The minimum absolute atomic E-state index is 0.0780. The highest BCUT2D eigenvalue weighted by Crippen LogP contribution is 2.25. The minimum Gasteiger partial charge on any atom is -0.497 e. The molecule has 0 aliphatic carbocycles. The van der Waals surface area contributed by atoms with Crippen molar-refractivity contribution in [1.82, 2.24) is 19.7 Å². The first-order valence-corrected chi connectivity index (χ1v) is 11.9. The fraction of sp³-hybridized carbons (Fsp3) is 0.160. The van der Waals surface area contributed by atoms with Gasteiger partial charge in [0.25, 0.3) is 0 Å². The zero-order valence-electron chi connectivity index (χ0n) is 19.7. The second-order valence-electron chi connectivity index (χ2n) is 7.43. The van der Waals surface area contributed by atoms with Crippen molar-refractivity contribution in [2.75, 3.05) is 30.6 Å². The molecule has 0 saturated carbocycles. The molecule has 184 valence electrons. The van der Waals surface area contributed by atoms with E-state index in [1.54, 1.807) is 74.1 Å². The Balaban J connectivity index is 1.47. The average Bonchev–Trinajstić information content (AvgIpc) is 3.31. The van der Waals surface area contributed by atoms with E-state index >= 15 is 0 Å². The van der Waals surface area contributed by atoms with Crippen molar-refractivity contribution >= 4 is 35.0 Å². The first kappa shape index (κ1) is 24.7. The molecule has 2 heterocycles. The Hall–Kier alpha value is -4.38. The molecule has 0 bridgehead atoms. The number of nitrogens with one attached hydrogen (secondary N) is 2. The van der Waals surface area contributed by atoms with Crippen LogP contribution in [0.4, 0.5) is 11.4 Å². The Bertz CT molecular complexity index is 1330. The predicted octanol–water partition coefficient (Wildman–Crippen LogP) is 3.73. The fourth-order valence-electron chi connectivity index (χ4n) is 3.24. The number of methoxy groups -OCH3 is 2. The lowest BCUT2D eigenvalue weighted by Gasteiger charge is -2.10. The second-order valence-corrected chi connectivity index (χ2v) is 8.37. The van der Waals surface area contributed by atoms with Crippen molar-refractivity contribution in [2.45, 2.75) is 11.7 Å². The molecule has 0 atom stereocenters. The molecule has 2 N–H and O–H groups in total. The van der Waals surface area contributed by atoms with E-state index in [2.05, 4.69) is 25.7 Å². The lowest BCUT2D eigenvalue weighted by atomic mass is 10.3. The summed E-state index contributed by atoms with van der Waals surface area (Å²) >= 11 is 1.19. The van der Waals surface area contributed by atoms with Crippen LogP contribution in [-0.4, -0.2) is 51.5 Å². The van der Waals surface area contributed by atoms with Crippen molar-refractivity contribution in [3.05, 3.63) is 73.1 Å². The lowest BCUT2D eigenvalue weighted by Crippen LogP contribution is -2.21. The van der Waals surface area contributed by atoms with Crippen LogP contribution in [0, 0.1) is 0 Å². The lowest BCUT2D eigenvalue weighted by molar-refractivity contribution is -0.117. The normalized spacial score (nSPS) is 10.5. The Morgan fingerprint density at radius 2 is 1.67 bits per heavy atom. The summed E-state index contributed by atoms with van der Waals surface area (Å²) in [4.78, 5) is 33.9. The molecule has 2 aromatic carbocycles. The summed E-state index contributed by atoms with van der Waals surface area (Å²) in [6.07, 6.45) is 3.28. The molecule has 10 nitrogen and oxygen atoms in total. The maximum absolute atomic E-state index is 12.8. The minimum atomic E-state index is -0.310. The van der Waals surface area contributed by atoms with E-state index in [1.807, 2.05) is 6.07 Å². The molecule has 4 rings (SSSR count). The fourth-order valence-corrected chi connectivity index (χ4v) is 3.97. The molecular weight excluding hydrogens is 480 g/mol. The van der Waals surface area contributed by atoms with E-state index in [-0.39, 0.29) is 24.1 Å². The number of carbonyl (C=O) groups excluding carboxylic acids is 2. The Morgan fingerprint density at radius 1 is 0.917 bits per heavy atom. The number of hydrogen-bond acceptors (Lipinski definition) is 8. The van der Waals surface area contributed by atoms with Crippen molar-refractivity contribution in [2.24, 2.45) is 0 Å². The molecule has 2 aromatic heterocycles. The van der Waals surface area contributed by atoms with E-state index in [0.717, 1.165) is 5.56 Å². The van der Waals surface area contributed by atoms with Crippen molar-refractivity contribution in [3.8, 4) is 22.9 Å². The van der Waals surface area contributed by atoms with Crippen LogP contribution in [0.5, 0.6) is 11.5 Å². The van der Waals surface area contributed by atoms with Crippen LogP contribution in [0.1, 0.15) is 0 Å². The summed E-state index contributed by atoms with van der Waals surface area (Å²) in [7, 11) is 3.12. The maximum Gasteiger partial charge on any atom is 0.246 e. The largest absolute Gasteiger partial charge is 0.497 e. The highest BCUT2D eigenvalue weighted by atomic mass is 32.2. The quantitative estimate of drug-likeness (QED) is 0.314. The molecule has 4 aromatic rings. The van der Waals surface area contributed by atoms with Crippen molar-refractivity contribution in [3.63, 3.8) is 0 Å². The van der Waals surface area contributed by atoms with Gasteiger partial charge in [-0.1, -0.05) is 23.9 Å². The van der Waals surface area contributed by atoms with Crippen LogP contribution < -0.4 is 20.1 Å². The van der Waals surface area contributed by atoms with Gasteiger partial charge in [-0.25, -0.2) is 9.67 Å². The molecule has 0 aliphatic heterocycles. The van der Waals surface area contributed by atoms with Crippen LogP contribution in [0.3, 0.4) is 0 Å². The number of rotatable bonds is 10. The average molecular weight is 505 g/mol. The summed E-state index contributed by atoms with van der Waals surface area (Å²) in [6, 6.07) is 17.7. The Morgan fingerprint density at radius 3 is 2.39 bits per heavy atom. The van der Waals surface area contributed by atoms with E-state index < -0.39 is 0 Å². The van der Waals surface area contributed by atoms with E-state index in [4.69, 9.17) is 9.47 Å². The van der Waals surface area contributed by atoms with Gasteiger partial charge in [0.1, 0.15) is 18.0 Å². The summed E-state index contributed by atoms with van der Waals surface area (Å²) in [5.41, 5.74) is 1.95. The summed E-state index contributed by atoms with van der Waals surface area (Å²) < 4.78 is 11.9. The smallest absolute Gasteiger partial charge is 0.246 e. The first-order chi connectivity index (χ1) is 17.6. The van der Waals surface area contributed by atoms with E-state index in [0.29, 0.717) is 33.9 Å². The molecule has 0 aliphatic rings. The Kier molecular flexibility index (Phi) is 8.14. The summed E-state index contributed by atoms with van der Waals surface area (Å²) in [5, 5.41) is 10.6. The number of benzene rings is 2. The molecule has 0 saturated heterocycles. The standard InChI is InChI=1S/C25H24N6O4S/c1-34-19-9-7-18(8-10-19)27-23(33)16-36-25-29-24(17-11-13-26-14-12-17)30-31(25)15-22(32)28-20-5-3-4-6-21(20)35-2/h3-14H,15-16H2,1-2H3,(H,27,33)(H,28,32). The zero-order chi connectivity index (χ0) is 25.3. The third-order valence-electron chi connectivity index (χ3n) is 4.96. The van der Waals surface area contributed by atoms with Gasteiger partial charge in [0, 0.05) is 23.6 Å². The van der Waals surface area contributed by atoms with Gasteiger partial charge in [-0.05, 0) is 48.5 Å². The van der Waals surface area contributed by atoms with Gasteiger partial charge in [-0.15, -0.1) is 5.10 Å². The molecule has 0 spiro atoms. The number of thioether (sulfide) groups is 1. The molecular formula is C25H24N6O4S. The maximum atomic E-state index is 12.8. The topological polar surface area (TPSA) is 120 Å². The number of para-hydroxylation sites is 2. The van der Waals surface area contributed by atoms with Gasteiger partial charge in [-0.2, -0.15) is 0 Å². The third-order valence-corrected chi connectivity index (χ3v) is 5.92. The van der Waals surface area contributed by atoms with E-state index in [9.17, 15) is 9.59 Å². The third kappa shape index (κ3) is 6.39. The molecule has 0 radical (unpaired) electrons. The van der Waals surface area contributed by atoms with Crippen LogP contribution in [0.2, 0.25) is 0 Å². The zero-order valence-corrected chi connectivity index (χ0v) is 20.5. The highest BCUT2D eigenvalue weighted by molar-refractivity contribution is 7.99. The molecule has 36 heavy (non-hydrogen) atoms. The molecule has 11 heteroatoms. The van der Waals surface area contributed by atoms with Crippen molar-refractivity contribution < 1.29 is 19.1 Å². The van der Waals surface area contributed by atoms with Crippen LogP contribution >= 0.6 is 11.8 Å². The number of carbonyl (C=O) groups is 2. The summed E-state index contributed by atoms with van der Waals surface area (Å²) in [5.74, 6) is 1.23. The Labute approximate surface area is 212 Å². The number of amides is 2. The number of pyridine rings is 1. The van der Waals surface area contributed by atoms with Crippen molar-refractivity contribution in [1.29, 1.82) is 0 Å². The highest BCUT2D eigenvalue weighted by Gasteiger charge is 2.17. The predicted molar refractivity (Wildman–Crippen MR) is 137 cm³/mol. The SMILES string of the molecule is COc1ccc(NC(=O)CSc2nc(-c3ccncc3)nn2CC(=O)Nc2ccccc2OC)cc1. The second kappa shape index (κ2) is 11.8. The first-order valence-electron chi connectivity index (χ1n) is 10.9.